The lowest BCUT2D eigenvalue weighted by Gasteiger charge is -2.26. The highest BCUT2D eigenvalue weighted by atomic mass is 32.2. The van der Waals surface area contributed by atoms with E-state index >= 15 is 0 Å². The third-order valence-corrected chi connectivity index (χ3v) is 3.92. The molecule has 0 spiro atoms. The molecular weight excluding hydrogens is 282 g/mol. The standard InChI is InChI=1S/C12H23N3O4S/c1-12(19,8-10(16)17)9-14-11(18)13-2-3-15-4-6-20-7-5-15/h19H,2-9H2,1H3,(H,16,17)(H2,13,14,18). The Morgan fingerprint density at radius 1 is 1.30 bits per heavy atom. The molecule has 7 nitrogen and oxygen atoms in total. The van der Waals surface area contributed by atoms with Gasteiger partial charge in [0, 0.05) is 44.2 Å². The molecule has 1 heterocycles. The first-order valence-corrected chi connectivity index (χ1v) is 7.80. The van der Waals surface area contributed by atoms with Gasteiger partial charge >= 0.3 is 12.0 Å². The number of carboxylic acids is 1. The Bertz CT molecular complexity index is 333. The molecule has 1 rings (SSSR count). The molecule has 1 atom stereocenters. The van der Waals surface area contributed by atoms with E-state index in [2.05, 4.69) is 15.5 Å². The zero-order valence-electron chi connectivity index (χ0n) is 11.7. The molecule has 8 heteroatoms. The van der Waals surface area contributed by atoms with Crippen LogP contribution < -0.4 is 10.6 Å². The van der Waals surface area contributed by atoms with E-state index in [4.69, 9.17) is 5.11 Å². The summed E-state index contributed by atoms with van der Waals surface area (Å²) in [5.74, 6) is 1.16. The van der Waals surface area contributed by atoms with Gasteiger partial charge in [-0.1, -0.05) is 0 Å². The Labute approximate surface area is 123 Å². The number of carbonyl (C=O) groups is 2. The maximum Gasteiger partial charge on any atom is 0.314 e. The highest BCUT2D eigenvalue weighted by Gasteiger charge is 2.24. The Morgan fingerprint density at radius 2 is 1.95 bits per heavy atom. The highest BCUT2D eigenvalue weighted by molar-refractivity contribution is 7.99. The molecule has 0 aliphatic carbocycles. The summed E-state index contributed by atoms with van der Waals surface area (Å²) < 4.78 is 0. The molecule has 0 radical (unpaired) electrons. The number of hydrogen-bond donors (Lipinski definition) is 4. The fourth-order valence-corrected chi connectivity index (χ4v) is 2.85. The van der Waals surface area contributed by atoms with Gasteiger partial charge in [0.25, 0.3) is 0 Å². The Morgan fingerprint density at radius 3 is 2.55 bits per heavy atom. The molecule has 0 aromatic heterocycles. The van der Waals surface area contributed by atoms with Gasteiger partial charge in [-0.3, -0.25) is 9.69 Å². The lowest BCUT2D eigenvalue weighted by Crippen LogP contribution is -2.47. The molecule has 0 aromatic rings. The van der Waals surface area contributed by atoms with Crippen LogP contribution in [0, 0.1) is 0 Å². The number of amides is 2. The zero-order chi connectivity index (χ0) is 15.0. The van der Waals surface area contributed by atoms with E-state index in [0.717, 1.165) is 31.1 Å². The van der Waals surface area contributed by atoms with Crippen LogP contribution in [0.4, 0.5) is 4.79 Å². The Hall–Kier alpha value is -0.990. The SMILES string of the molecule is CC(O)(CNC(=O)NCCN1CCSCC1)CC(=O)O. The molecule has 1 fully saturated rings. The van der Waals surface area contributed by atoms with Crippen molar-refractivity contribution in [2.75, 3.05) is 44.2 Å². The normalized spacial score (nSPS) is 19.1. The largest absolute Gasteiger partial charge is 0.481 e. The second kappa shape index (κ2) is 8.33. The van der Waals surface area contributed by atoms with Crippen molar-refractivity contribution in [1.82, 2.24) is 15.5 Å². The van der Waals surface area contributed by atoms with Crippen molar-refractivity contribution in [3.05, 3.63) is 0 Å². The third-order valence-electron chi connectivity index (χ3n) is 2.98. The molecule has 0 bridgehead atoms. The van der Waals surface area contributed by atoms with E-state index in [-0.39, 0.29) is 12.6 Å². The minimum atomic E-state index is -1.44. The van der Waals surface area contributed by atoms with Crippen molar-refractivity contribution in [3.63, 3.8) is 0 Å². The quantitative estimate of drug-likeness (QED) is 0.509. The summed E-state index contributed by atoms with van der Waals surface area (Å²) in [6, 6.07) is -0.387. The smallest absolute Gasteiger partial charge is 0.314 e. The molecule has 20 heavy (non-hydrogen) atoms. The van der Waals surface area contributed by atoms with Gasteiger partial charge in [0.15, 0.2) is 0 Å². The number of carbonyl (C=O) groups excluding carboxylic acids is 1. The first kappa shape index (κ1) is 17.1. The van der Waals surface area contributed by atoms with Crippen LogP contribution in [-0.2, 0) is 4.79 Å². The van der Waals surface area contributed by atoms with E-state index in [1.165, 1.54) is 6.92 Å². The summed E-state index contributed by atoms with van der Waals surface area (Å²) in [4.78, 5) is 24.3. The number of aliphatic carboxylic acids is 1. The maximum absolute atomic E-state index is 11.5. The van der Waals surface area contributed by atoms with Crippen molar-refractivity contribution in [1.29, 1.82) is 0 Å². The number of urea groups is 1. The summed E-state index contributed by atoms with van der Waals surface area (Å²) >= 11 is 1.94. The second-order valence-corrected chi connectivity index (χ2v) is 6.36. The van der Waals surface area contributed by atoms with Crippen LogP contribution >= 0.6 is 11.8 Å². The molecular formula is C12H23N3O4S. The van der Waals surface area contributed by atoms with Crippen LogP contribution in [0.15, 0.2) is 0 Å². The van der Waals surface area contributed by atoms with E-state index < -0.39 is 18.0 Å². The Kier molecular flexibility index (Phi) is 7.11. The second-order valence-electron chi connectivity index (χ2n) is 5.13. The van der Waals surface area contributed by atoms with Gasteiger partial charge in [0.2, 0.25) is 0 Å². The van der Waals surface area contributed by atoms with Gasteiger partial charge < -0.3 is 20.8 Å². The van der Waals surface area contributed by atoms with Gasteiger partial charge in [-0.2, -0.15) is 11.8 Å². The van der Waals surface area contributed by atoms with Crippen LogP contribution in [0.25, 0.3) is 0 Å². The summed E-state index contributed by atoms with van der Waals surface area (Å²) in [6.07, 6.45) is -0.404. The minimum Gasteiger partial charge on any atom is -0.481 e. The number of carboxylic acid groups (broad SMARTS) is 1. The Balaban J connectivity index is 2.12. The fourth-order valence-electron chi connectivity index (χ4n) is 1.87. The van der Waals surface area contributed by atoms with Crippen molar-refractivity contribution in [3.8, 4) is 0 Å². The number of nitrogens with one attached hydrogen (secondary N) is 2. The van der Waals surface area contributed by atoms with E-state index in [9.17, 15) is 14.7 Å². The van der Waals surface area contributed by atoms with Crippen molar-refractivity contribution < 1.29 is 19.8 Å². The summed E-state index contributed by atoms with van der Waals surface area (Å²) in [5, 5.41) is 23.5. The molecule has 0 saturated carbocycles. The minimum absolute atomic E-state index is 0.0918. The van der Waals surface area contributed by atoms with Crippen LogP contribution in [0.1, 0.15) is 13.3 Å². The van der Waals surface area contributed by atoms with Crippen molar-refractivity contribution in [2.24, 2.45) is 0 Å². The first-order valence-electron chi connectivity index (χ1n) is 6.65. The summed E-state index contributed by atoms with van der Waals surface area (Å²) in [6.45, 7) is 4.72. The van der Waals surface area contributed by atoms with Gasteiger partial charge in [-0.05, 0) is 6.92 Å². The average molecular weight is 305 g/mol. The van der Waals surface area contributed by atoms with Gasteiger partial charge in [-0.25, -0.2) is 4.79 Å². The van der Waals surface area contributed by atoms with Crippen molar-refractivity contribution >= 4 is 23.8 Å². The summed E-state index contributed by atoms with van der Waals surface area (Å²) in [7, 11) is 0. The monoisotopic (exact) mass is 305 g/mol. The molecule has 1 aliphatic heterocycles. The predicted octanol–water partition coefficient (Wildman–Crippen LogP) is -0.440. The molecule has 116 valence electrons. The average Bonchev–Trinajstić information content (AvgIpc) is 2.36. The molecule has 1 saturated heterocycles. The van der Waals surface area contributed by atoms with E-state index in [1.807, 2.05) is 11.8 Å². The van der Waals surface area contributed by atoms with Gasteiger partial charge in [0.1, 0.15) is 0 Å². The van der Waals surface area contributed by atoms with Crippen LogP contribution in [0.3, 0.4) is 0 Å². The number of thioether (sulfide) groups is 1. The highest BCUT2D eigenvalue weighted by Crippen LogP contribution is 2.08. The molecule has 1 unspecified atom stereocenters. The van der Waals surface area contributed by atoms with E-state index in [0.29, 0.717) is 6.54 Å². The molecule has 2 amide bonds. The van der Waals surface area contributed by atoms with Crippen LogP contribution in [-0.4, -0.2) is 76.9 Å². The molecule has 4 N–H and O–H groups in total. The lowest BCUT2D eigenvalue weighted by molar-refractivity contribution is -0.141. The number of nitrogens with zero attached hydrogens (tertiary/aromatic N) is 1. The fraction of sp³-hybridized carbons (Fsp3) is 0.833. The van der Waals surface area contributed by atoms with E-state index in [1.54, 1.807) is 0 Å². The van der Waals surface area contributed by atoms with Crippen molar-refractivity contribution in [2.45, 2.75) is 18.9 Å². The number of hydrogen-bond acceptors (Lipinski definition) is 5. The van der Waals surface area contributed by atoms with Crippen LogP contribution in [0.5, 0.6) is 0 Å². The number of rotatable bonds is 7. The maximum atomic E-state index is 11.5. The lowest BCUT2D eigenvalue weighted by atomic mass is 10.0. The number of aliphatic hydroxyl groups is 1. The third kappa shape index (κ3) is 7.56. The predicted molar refractivity (Wildman–Crippen MR) is 78.0 cm³/mol. The summed E-state index contributed by atoms with van der Waals surface area (Å²) in [5.41, 5.74) is -1.44. The van der Waals surface area contributed by atoms with Gasteiger partial charge in [0.05, 0.1) is 12.0 Å². The van der Waals surface area contributed by atoms with Crippen LogP contribution in [0.2, 0.25) is 0 Å². The first-order chi connectivity index (χ1) is 9.39. The topological polar surface area (TPSA) is 102 Å². The molecule has 1 aliphatic rings. The zero-order valence-corrected chi connectivity index (χ0v) is 12.5. The molecule has 0 aromatic carbocycles. The van der Waals surface area contributed by atoms with Gasteiger partial charge in [-0.15, -0.1) is 0 Å².